The average Bonchev–Trinajstić information content (AvgIpc) is 3.18. The van der Waals surface area contributed by atoms with Gasteiger partial charge < -0.3 is 20.4 Å². The maximum Gasteiger partial charge on any atom is 0.287 e. The second-order valence-corrected chi connectivity index (χ2v) is 6.09. The van der Waals surface area contributed by atoms with Crippen LogP contribution in [0.5, 0.6) is 0 Å². The van der Waals surface area contributed by atoms with Crippen LogP contribution >= 0.6 is 0 Å². The number of nitrogens with one attached hydrogen (secondary N) is 3. The molecule has 1 heterocycles. The van der Waals surface area contributed by atoms with Gasteiger partial charge in [0.2, 0.25) is 0 Å². The van der Waals surface area contributed by atoms with Crippen LogP contribution in [-0.2, 0) is 6.54 Å². The molecule has 6 nitrogen and oxygen atoms in total. The zero-order valence-electron chi connectivity index (χ0n) is 15.5. The van der Waals surface area contributed by atoms with Gasteiger partial charge in [-0.05, 0) is 31.0 Å². The average molecular weight is 356 g/mol. The zero-order chi connectivity index (χ0) is 18.6. The molecule has 1 aromatic carbocycles. The first-order valence-corrected chi connectivity index (χ1v) is 9.08. The topological polar surface area (TPSA) is 78.7 Å². The molecule has 2 rings (SSSR count). The Hall–Kier alpha value is -2.76. The maximum atomic E-state index is 11.8. The maximum absolute atomic E-state index is 11.8. The van der Waals surface area contributed by atoms with Crippen LogP contribution in [0.4, 0.5) is 0 Å². The van der Waals surface area contributed by atoms with Crippen LogP contribution in [0, 0.1) is 6.92 Å². The number of amides is 1. The first-order chi connectivity index (χ1) is 12.7. The molecule has 6 heteroatoms. The Labute approximate surface area is 155 Å². The van der Waals surface area contributed by atoms with E-state index in [1.54, 1.807) is 12.1 Å². The van der Waals surface area contributed by atoms with Crippen molar-refractivity contribution < 1.29 is 9.21 Å². The Morgan fingerprint density at radius 3 is 2.46 bits per heavy atom. The monoisotopic (exact) mass is 356 g/mol. The lowest BCUT2D eigenvalue weighted by Crippen LogP contribution is -2.41. The van der Waals surface area contributed by atoms with Gasteiger partial charge in [0.1, 0.15) is 0 Å². The predicted molar refractivity (Wildman–Crippen MR) is 104 cm³/mol. The molecule has 0 atom stereocenters. The number of aryl methyl sites for hydroxylation is 1. The molecule has 0 saturated heterocycles. The summed E-state index contributed by atoms with van der Waals surface area (Å²) in [6.07, 6.45) is 3.69. The Morgan fingerprint density at radius 1 is 1.04 bits per heavy atom. The van der Waals surface area contributed by atoms with E-state index in [-0.39, 0.29) is 5.91 Å². The lowest BCUT2D eigenvalue weighted by molar-refractivity contribution is 0.0926. The van der Waals surface area contributed by atoms with Gasteiger partial charge in [0.25, 0.3) is 5.91 Å². The van der Waals surface area contributed by atoms with Crippen molar-refractivity contribution in [3.05, 3.63) is 59.5 Å². The lowest BCUT2D eigenvalue weighted by Gasteiger charge is -2.13. The fourth-order valence-corrected chi connectivity index (χ4v) is 2.27. The molecule has 2 aromatic rings. The number of hydrogen-bond donors (Lipinski definition) is 3. The van der Waals surface area contributed by atoms with E-state index in [1.807, 2.05) is 0 Å². The highest BCUT2D eigenvalue weighted by Gasteiger charge is 2.07. The van der Waals surface area contributed by atoms with Gasteiger partial charge in [-0.1, -0.05) is 43.2 Å². The molecule has 0 bridgehead atoms. The van der Waals surface area contributed by atoms with Crippen molar-refractivity contribution in [2.75, 3.05) is 19.6 Å². The molecule has 0 fully saturated rings. The van der Waals surface area contributed by atoms with E-state index >= 15 is 0 Å². The Morgan fingerprint density at radius 2 is 1.77 bits per heavy atom. The summed E-state index contributed by atoms with van der Waals surface area (Å²) in [5.41, 5.74) is 2.41. The molecule has 1 amide bonds. The van der Waals surface area contributed by atoms with E-state index < -0.39 is 0 Å². The summed E-state index contributed by atoms with van der Waals surface area (Å²) in [5.74, 6) is 0.861. The largest absolute Gasteiger partial charge is 0.459 e. The number of unbranched alkanes of at least 4 members (excludes halogenated alkanes) is 1. The number of guanidine groups is 1. The van der Waals surface area contributed by atoms with Gasteiger partial charge in [0, 0.05) is 19.6 Å². The molecule has 3 N–H and O–H groups in total. The van der Waals surface area contributed by atoms with Crippen molar-refractivity contribution in [3.63, 3.8) is 0 Å². The second kappa shape index (κ2) is 11.0. The fourth-order valence-electron chi connectivity index (χ4n) is 2.27. The van der Waals surface area contributed by atoms with Crippen molar-refractivity contribution in [2.45, 2.75) is 33.2 Å². The third kappa shape index (κ3) is 7.01. The minimum Gasteiger partial charge on any atom is -0.459 e. The molecule has 0 aliphatic carbocycles. The van der Waals surface area contributed by atoms with E-state index in [0.717, 1.165) is 25.3 Å². The van der Waals surface area contributed by atoms with E-state index in [2.05, 4.69) is 59.1 Å². The third-order valence-corrected chi connectivity index (χ3v) is 3.81. The van der Waals surface area contributed by atoms with Crippen LogP contribution in [0.3, 0.4) is 0 Å². The molecule has 0 spiro atoms. The molecular weight excluding hydrogens is 328 g/mol. The molecule has 0 aliphatic heterocycles. The number of furan rings is 1. The standard InChI is InChI=1S/C20H28N4O2/c1-3-4-11-22-20(24-15-17-9-7-16(2)8-10-17)23-13-12-21-19(25)18-6-5-14-26-18/h5-10,14H,3-4,11-13,15H2,1-2H3,(H,21,25)(H2,22,23,24). The minimum atomic E-state index is -0.214. The Bertz CT molecular complexity index is 678. The zero-order valence-corrected chi connectivity index (χ0v) is 15.5. The summed E-state index contributed by atoms with van der Waals surface area (Å²) in [4.78, 5) is 16.4. The van der Waals surface area contributed by atoms with Crippen molar-refractivity contribution in [3.8, 4) is 0 Å². The van der Waals surface area contributed by atoms with E-state index in [9.17, 15) is 4.79 Å². The van der Waals surface area contributed by atoms with Crippen LogP contribution in [0.25, 0.3) is 0 Å². The van der Waals surface area contributed by atoms with Gasteiger partial charge in [-0.25, -0.2) is 4.99 Å². The number of carbonyl (C=O) groups is 1. The van der Waals surface area contributed by atoms with Crippen LogP contribution in [0.15, 0.2) is 52.1 Å². The number of aliphatic imine (C=N–C) groups is 1. The van der Waals surface area contributed by atoms with Gasteiger partial charge in [-0.3, -0.25) is 4.79 Å². The lowest BCUT2D eigenvalue weighted by atomic mass is 10.1. The summed E-state index contributed by atoms with van der Waals surface area (Å²) < 4.78 is 5.07. The fraction of sp³-hybridized carbons (Fsp3) is 0.400. The van der Waals surface area contributed by atoms with Gasteiger partial charge in [-0.15, -0.1) is 0 Å². The smallest absolute Gasteiger partial charge is 0.287 e. The Kier molecular flexibility index (Phi) is 8.26. The van der Waals surface area contributed by atoms with E-state index in [0.29, 0.717) is 25.4 Å². The summed E-state index contributed by atoms with van der Waals surface area (Å²) in [7, 11) is 0. The van der Waals surface area contributed by atoms with Gasteiger partial charge in [-0.2, -0.15) is 0 Å². The van der Waals surface area contributed by atoms with E-state index in [4.69, 9.17) is 4.42 Å². The molecule has 0 saturated carbocycles. The predicted octanol–water partition coefficient (Wildman–Crippen LogP) is 2.85. The van der Waals surface area contributed by atoms with Crippen LogP contribution in [0.2, 0.25) is 0 Å². The molecule has 0 radical (unpaired) electrons. The van der Waals surface area contributed by atoms with Crippen molar-refractivity contribution in [1.29, 1.82) is 0 Å². The molecule has 1 aromatic heterocycles. The summed E-state index contributed by atoms with van der Waals surface area (Å²) in [6.45, 7) is 6.78. The second-order valence-electron chi connectivity index (χ2n) is 6.09. The summed E-state index contributed by atoms with van der Waals surface area (Å²) in [5, 5.41) is 9.39. The number of nitrogens with zero attached hydrogens (tertiary/aromatic N) is 1. The first kappa shape index (κ1) is 19.6. The summed E-state index contributed by atoms with van der Waals surface area (Å²) in [6, 6.07) is 11.7. The van der Waals surface area contributed by atoms with Crippen molar-refractivity contribution >= 4 is 11.9 Å². The van der Waals surface area contributed by atoms with Gasteiger partial charge >= 0.3 is 0 Å². The van der Waals surface area contributed by atoms with Crippen LogP contribution in [0.1, 0.15) is 41.4 Å². The van der Waals surface area contributed by atoms with Gasteiger partial charge in [0.05, 0.1) is 12.8 Å². The molecule has 140 valence electrons. The van der Waals surface area contributed by atoms with E-state index in [1.165, 1.54) is 17.4 Å². The number of benzene rings is 1. The Balaban J connectivity index is 1.80. The normalized spacial score (nSPS) is 11.2. The quantitative estimate of drug-likeness (QED) is 0.367. The molecule has 26 heavy (non-hydrogen) atoms. The van der Waals surface area contributed by atoms with Crippen LogP contribution < -0.4 is 16.0 Å². The molecular formula is C20H28N4O2. The number of rotatable bonds is 9. The third-order valence-electron chi connectivity index (χ3n) is 3.81. The SMILES string of the molecule is CCCCNC(=NCc1ccc(C)cc1)NCCNC(=O)c1ccco1. The highest BCUT2D eigenvalue weighted by Crippen LogP contribution is 2.04. The highest BCUT2D eigenvalue weighted by molar-refractivity contribution is 5.91. The first-order valence-electron chi connectivity index (χ1n) is 9.08. The van der Waals surface area contributed by atoms with Crippen molar-refractivity contribution in [2.24, 2.45) is 4.99 Å². The highest BCUT2D eigenvalue weighted by atomic mass is 16.3. The minimum absolute atomic E-state index is 0.214. The number of hydrogen-bond acceptors (Lipinski definition) is 3. The van der Waals surface area contributed by atoms with Crippen molar-refractivity contribution in [1.82, 2.24) is 16.0 Å². The summed E-state index contributed by atoms with van der Waals surface area (Å²) >= 11 is 0. The molecule has 0 aliphatic rings. The molecule has 0 unspecified atom stereocenters. The van der Waals surface area contributed by atoms with Gasteiger partial charge in [0.15, 0.2) is 11.7 Å². The van der Waals surface area contributed by atoms with Crippen LogP contribution in [-0.4, -0.2) is 31.5 Å². The number of carbonyl (C=O) groups excluding carboxylic acids is 1.